The lowest BCUT2D eigenvalue weighted by molar-refractivity contribution is 0.0318. The number of nitrogens with one attached hydrogen (secondary N) is 1. The number of hydrogen-bond donors (Lipinski definition) is 1. The van der Waals surface area contributed by atoms with E-state index in [1.165, 1.54) is 4.57 Å². The van der Waals surface area contributed by atoms with Gasteiger partial charge in [-0.25, -0.2) is 4.79 Å². The van der Waals surface area contributed by atoms with E-state index in [1.54, 1.807) is 25.2 Å². The number of rotatable bonds is 2. The molecule has 0 spiro atoms. The van der Waals surface area contributed by atoms with E-state index in [9.17, 15) is 9.59 Å². The molecule has 1 fully saturated rings. The van der Waals surface area contributed by atoms with Crippen LogP contribution in [0.2, 0.25) is 0 Å². The lowest BCUT2D eigenvalue weighted by atomic mass is 10.1. The Hall–Kier alpha value is -1.95. The van der Waals surface area contributed by atoms with Crippen LogP contribution >= 0.6 is 12.2 Å². The van der Waals surface area contributed by atoms with Crippen molar-refractivity contribution in [1.29, 1.82) is 0 Å². The number of esters is 1. The van der Waals surface area contributed by atoms with E-state index in [0.29, 0.717) is 21.2 Å². The average molecular weight is 304 g/mol. The molecule has 0 unspecified atom stereocenters. The minimum Gasteiger partial charge on any atom is -0.459 e. The predicted octanol–water partition coefficient (Wildman–Crippen LogP) is 2.70. The maximum absolute atomic E-state index is 12.1. The molecule has 1 N–H and O–H groups in total. The second kappa shape index (κ2) is 5.44. The van der Waals surface area contributed by atoms with Gasteiger partial charge in [0.2, 0.25) is 0 Å². The van der Waals surface area contributed by atoms with Gasteiger partial charge >= 0.3 is 5.97 Å². The molecule has 1 aliphatic carbocycles. The zero-order valence-electron chi connectivity index (χ0n) is 11.7. The molecule has 21 heavy (non-hydrogen) atoms. The molecule has 0 bridgehead atoms. The van der Waals surface area contributed by atoms with Crippen LogP contribution in [0.1, 0.15) is 36.0 Å². The second-order valence-electron chi connectivity index (χ2n) is 5.37. The van der Waals surface area contributed by atoms with E-state index in [2.05, 4.69) is 4.98 Å². The maximum Gasteiger partial charge on any atom is 0.338 e. The summed E-state index contributed by atoms with van der Waals surface area (Å²) in [5, 5.41) is 0.503. The van der Waals surface area contributed by atoms with Crippen LogP contribution in [0.25, 0.3) is 10.9 Å². The monoisotopic (exact) mass is 304 g/mol. The fourth-order valence-electron chi connectivity index (χ4n) is 2.66. The van der Waals surface area contributed by atoms with E-state index in [4.69, 9.17) is 17.0 Å². The molecule has 0 saturated heterocycles. The van der Waals surface area contributed by atoms with Gasteiger partial charge in [-0.15, -0.1) is 0 Å². The second-order valence-corrected chi connectivity index (χ2v) is 5.75. The molecular weight excluding hydrogens is 288 g/mol. The van der Waals surface area contributed by atoms with Crippen molar-refractivity contribution in [3.05, 3.63) is 38.9 Å². The van der Waals surface area contributed by atoms with Crippen LogP contribution in [0.15, 0.2) is 23.0 Å². The zero-order valence-corrected chi connectivity index (χ0v) is 12.5. The molecule has 1 aliphatic rings. The van der Waals surface area contributed by atoms with E-state index in [1.807, 2.05) is 0 Å². The summed E-state index contributed by atoms with van der Waals surface area (Å²) in [6, 6.07) is 4.88. The van der Waals surface area contributed by atoms with Crippen molar-refractivity contribution >= 4 is 29.1 Å². The van der Waals surface area contributed by atoms with E-state index < -0.39 is 0 Å². The number of aromatic nitrogens is 2. The molecule has 0 radical (unpaired) electrons. The summed E-state index contributed by atoms with van der Waals surface area (Å²) in [6.45, 7) is 0. The highest BCUT2D eigenvalue weighted by atomic mass is 32.1. The first-order valence-corrected chi connectivity index (χ1v) is 7.41. The van der Waals surface area contributed by atoms with Crippen LogP contribution in [0.5, 0.6) is 0 Å². The number of hydrogen-bond acceptors (Lipinski definition) is 4. The molecule has 1 saturated carbocycles. The largest absolute Gasteiger partial charge is 0.459 e. The Kier molecular flexibility index (Phi) is 3.63. The van der Waals surface area contributed by atoms with Gasteiger partial charge in [0.1, 0.15) is 6.10 Å². The summed E-state index contributed by atoms with van der Waals surface area (Å²) < 4.78 is 7.17. The first-order valence-electron chi connectivity index (χ1n) is 7.00. The van der Waals surface area contributed by atoms with Crippen molar-refractivity contribution in [2.45, 2.75) is 31.8 Å². The smallest absolute Gasteiger partial charge is 0.338 e. The lowest BCUT2D eigenvalue weighted by Crippen LogP contribution is -2.19. The van der Waals surface area contributed by atoms with Crippen molar-refractivity contribution in [2.24, 2.45) is 7.05 Å². The first kappa shape index (κ1) is 14.0. The number of nitrogens with zero attached hydrogens (tertiary/aromatic N) is 1. The van der Waals surface area contributed by atoms with Crippen LogP contribution in [0.4, 0.5) is 0 Å². The quantitative estimate of drug-likeness (QED) is 0.684. The minimum absolute atomic E-state index is 0.0235. The number of ether oxygens (including phenoxy) is 1. The highest BCUT2D eigenvalue weighted by molar-refractivity contribution is 7.71. The SMILES string of the molecule is Cn1c(=S)[nH]c2cc(C(=O)OC3CCCC3)ccc2c1=O. The fraction of sp³-hybridized carbons (Fsp3) is 0.400. The van der Waals surface area contributed by atoms with Gasteiger partial charge in [-0.3, -0.25) is 9.36 Å². The number of carbonyl (C=O) groups excluding carboxylic acids is 1. The number of H-pyrrole nitrogens is 1. The molecule has 1 heterocycles. The van der Waals surface area contributed by atoms with Crippen molar-refractivity contribution in [2.75, 3.05) is 0 Å². The van der Waals surface area contributed by atoms with Gasteiger partial charge in [-0.1, -0.05) is 0 Å². The fourth-order valence-corrected chi connectivity index (χ4v) is 2.85. The van der Waals surface area contributed by atoms with Crippen LogP contribution in [-0.4, -0.2) is 21.6 Å². The lowest BCUT2D eigenvalue weighted by Gasteiger charge is -2.11. The standard InChI is InChI=1S/C15H16N2O3S/c1-17-13(18)11-7-6-9(8-12(11)16-15(17)21)14(19)20-10-4-2-3-5-10/h6-8,10H,2-5H2,1H3,(H,16,21). The van der Waals surface area contributed by atoms with Gasteiger partial charge in [-0.05, 0) is 56.1 Å². The summed E-state index contributed by atoms with van der Waals surface area (Å²) in [5.41, 5.74) is 0.821. The Morgan fingerprint density at radius 3 is 2.81 bits per heavy atom. The summed E-state index contributed by atoms with van der Waals surface area (Å²) in [6.07, 6.45) is 4.11. The Labute approximate surface area is 126 Å². The molecule has 0 atom stereocenters. The van der Waals surface area contributed by atoms with Crippen LogP contribution < -0.4 is 5.56 Å². The first-order chi connectivity index (χ1) is 10.1. The molecule has 1 aromatic carbocycles. The molecule has 2 aromatic rings. The number of carbonyl (C=O) groups is 1. The third kappa shape index (κ3) is 2.63. The Morgan fingerprint density at radius 2 is 2.10 bits per heavy atom. The Morgan fingerprint density at radius 1 is 1.38 bits per heavy atom. The van der Waals surface area contributed by atoms with Gasteiger partial charge in [0.25, 0.3) is 5.56 Å². The summed E-state index contributed by atoms with van der Waals surface area (Å²) in [5.74, 6) is -0.344. The van der Waals surface area contributed by atoms with Gasteiger partial charge in [0.05, 0.1) is 16.5 Å². The van der Waals surface area contributed by atoms with Crippen LogP contribution in [-0.2, 0) is 11.8 Å². The summed E-state index contributed by atoms with van der Waals surface area (Å²) in [7, 11) is 1.61. The van der Waals surface area contributed by atoms with Gasteiger partial charge in [-0.2, -0.15) is 0 Å². The normalized spacial score (nSPS) is 15.5. The van der Waals surface area contributed by atoms with E-state index in [-0.39, 0.29) is 17.6 Å². The molecule has 3 rings (SSSR count). The van der Waals surface area contributed by atoms with Crippen molar-refractivity contribution < 1.29 is 9.53 Å². The Balaban J connectivity index is 1.97. The highest BCUT2D eigenvalue weighted by Crippen LogP contribution is 2.22. The molecule has 0 amide bonds. The molecule has 0 aliphatic heterocycles. The molecular formula is C15H16N2O3S. The molecule has 1 aromatic heterocycles. The minimum atomic E-state index is -0.344. The van der Waals surface area contributed by atoms with Gasteiger partial charge in [0, 0.05) is 7.05 Å². The zero-order chi connectivity index (χ0) is 15.0. The molecule has 5 nitrogen and oxygen atoms in total. The number of benzene rings is 1. The number of aromatic amines is 1. The van der Waals surface area contributed by atoms with Crippen molar-refractivity contribution in [3.63, 3.8) is 0 Å². The van der Waals surface area contributed by atoms with Crippen LogP contribution in [0.3, 0.4) is 0 Å². The molecule has 110 valence electrons. The third-order valence-electron chi connectivity index (χ3n) is 3.91. The predicted molar refractivity (Wildman–Crippen MR) is 82.0 cm³/mol. The summed E-state index contributed by atoms with van der Waals surface area (Å²) in [4.78, 5) is 27.2. The molecule has 6 heteroatoms. The average Bonchev–Trinajstić information content (AvgIpc) is 2.97. The van der Waals surface area contributed by atoms with E-state index in [0.717, 1.165) is 25.7 Å². The third-order valence-corrected chi connectivity index (χ3v) is 4.29. The highest BCUT2D eigenvalue weighted by Gasteiger charge is 2.20. The van der Waals surface area contributed by atoms with E-state index >= 15 is 0 Å². The van der Waals surface area contributed by atoms with Crippen molar-refractivity contribution in [3.8, 4) is 0 Å². The van der Waals surface area contributed by atoms with Crippen LogP contribution in [0, 0.1) is 4.77 Å². The maximum atomic E-state index is 12.1. The number of fused-ring (bicyclic) bond motifs is 1. The van der Waals surface area contributed by atoms with Gasteiger partial charge < -0.3 is 9.72 Å². The van der Waals surface area contributed by atoms with Crippen molar-refractivity contribution in [1.82, 2.24) is 9.55 Å². The summed E-state index contributed by atoms with van der Waals surface area (Å²) >= 11 is 5.08. The van der Waals surface area contributed by atoms with Gasteiger partial charge in [0.15, 0.2) is 4.77 Å². The topological polar surface area (TPSA) is 64.1 Å². The Bertz CT molecular complexity index is 816.